The Morgan fingerprint density at radius 1 is 1.46 bits per heavy atom. The zero-order valence-corrected chi connectivity index (χ0v) is 14.2. The Morgan fingerprint density at radius 3 is 2.92 bits per heavy atom. The first-order chi connectivity index (χ1) is 11.7. The van der Waals surface area contributed by atoms with Crippen molar-refractivity contribution in [3.05, 3.63) is 24.3 Å². The number of furan rings is 1. The molecule has 0 unspecified atom stereocenters. The van der Waals surface area contributed by atoms with Crippen molar-refractivity contribution < 1.29 is 13.7 Å². The predicted octanol–water partition coefficient (Wildman–Crippen LogP) is 2.77. The molecule has 24 heavy (non-hydrogen) atoms. The molecule has 0 saturated carbocycles. The summed E-state index contributed by atoms with van der Waals surface area (Å²) in [6, 6.07) is 3.93. The van der Waals surface area contributed by atoms with Crippen LogP contribution in [0.5, 0.6) is 0 Å². The molecule has 0 radical (unpaired) electrons. The van der Waals surface area contributed by atoms with Crippen molar-refractivity contribution in [1.29, 1.82) is 0 Å². The molecule has 0 aromatic carbocycles. The zero-order valence-electron chi connectivity index (χ0n) is 14.2. The first-order valence-corrected chi connectivity index (χ1v) is 8.58. The van der Waals surface area contributed by atoms with Gasteiger partial charge < -0.3 is 14.3 Å². The van der Waals surface area contributed by atoms with Crippen LogP contribution in [-0.2, 0) is 4.79 Å². The van der Waals surface area contributed by atoms with E-state index in [9.17, 15) is 4.79 Å². The van der Waals surface area contributed by atoms with Gasteiger partial charge in [-0.15, -0.1) is 0 Å². The van der Waals surface area contributed by atoms with Crippen molar-refractivity contribution in [3.8, 4) is 11.6 Å². The quantitative estimate of drug-likeness (QED) is 0.875. The molecule has 130 valence electrons. The molecular weight excluding hydrogens is 308 g/mol. The Labute approximate surface area is 141 Å². The maximum atomic E-state index is 11.7. The lowest BCUT2D eigenvalue weighted by Crippen LogP contribution is -2.45. The number of hydrogen-bond acceptors (Lipinski definition) is 6. The average molecular weight is 332 g/mol. The molecule has 1 aliphatic heterocycles. The summed E-state index contributed by atoms with van der Waals surface area (Å²) in [5.74, 6) is 1.83. The molecule has 7 nitrogen and oxygen atoms in total. The van der Waals surface area contributed by atoms with Crippen molar-refractivity contribution >= 4 is 5.91 Å². The van der Waals surface area contributed by atoms with E-state index in [2.05, 4.69) is 27.3 Å². The van der Waals surface area contributed by atoms with Crippen LogP contribution in [0.1, 0.15) is 51.5 Å². The van der Waals surface area contributed by atoms with Crippen molar-refractivity contribution in [3.63, 3.8) is 0 Å². The first-order valence-electron chi connectivity index (χ1n) is 8.58. The minimum atomic E-state index is 0.0495. The fourth-order valence-corrected chi connectivity index (χ4v) is 3.02. The number of rotatable bonds is 6. The summed E-state index contributed by atoms with van der Waals surface area (Å²) in [5, 5.41) is 7.10. The van der Waals surface area contributed by atoms with Gasteiger partial charge in [0.15, 0.2) is 5.76 Å². The monoisotopic (exact) mass is 332 g/mol. The van der Waals surface area contributed by atoms with Gasteiger partial charge in [-0.25, -0.2) is 0 Å². The standard InChI is InChI=1S/C17H24N4O3/c1-3-5-15(22)18-13-7-9-21(10-8-13)12(2)17-19-16(20-24-17)14-6-4-11-23-14/h4,6,11-13H,3,5,7-10H2,1-2H3,(H,18,22)/t12-/m0/s1. The molecule has 1 amide bonds. The highest BCUT2D eigenvalue weighted by molar-refractivity contribution is 5.76. The van der Waals surface area contributed by atoms with Gasteiger partial charge in [-0.3, -0.25) is 9.69 Å². The van der Waals surface area contributed by atoms with Crippen molar-refractivity contribution in [2.75, 3.05) is 13.1 Å². The average Bonchev–Trinajstić information content (AvgIpc) is 3.26. The summed E-state index contributed by atoms with van der Waals surface area (Å²) in [6.45, 7) is 5.88. The predicted molar refractivity (Wildman–Crippen MR) is 88.1 cm³/mol. The number of nitrogens with zero attached hydrogens (tertiary/aromatic N) is 3. The molecule has 3 heterocycles. The van der Waals surface area contributed by atoms with E-state index in [0.29, 0.717) is 23.9 Å². The lowest BCUT2D eigenvalue weighted by molar-refractivity contribution is -0.122. The van der Waals surface area contributed by atoms with Crippen LogP contribution in [0.3, 0.4) is 0 Å². The fourth-order valence-electron chi connectivity index (χ4n) is 3.02. The molecule has 1 N–H and O–H groups in total. The third-order valence-corrected chi connectivity index (χ3v) is 4.46. The second-order valence-electron chi connectivity index (χ2n) is 6.24. The molecule has 0 spiro atoms. The topological polar surface area (TPSA) is 84.4 Å². The molecule has 1 aliphatic rings. The number of amides is 1. The summed E-state index contributed by atoms with van der Waals surface area (Å²) in [7, 11) is 0. The van der Waals surface area contributed by atoms with Crippen molar-refractivity contribution in [2.24, 2.45) is 0 Å². The molecule has 0 aliphatic carbocycles. The van der Waals surface area contributed by atoms with E-state index in [1.165, 1.54) is 0 Å². The third-order valence-electron chi connectivity index (χ3n) is 4.46. The largest absolute Gasteiger partial charge is 0.461 e. The summed E-state index contributed by atoms with van der Waals surface area (Å²) < 4.78 is 10.7. The number of carbonyl (C=O) groups is 1. The van der Waals surface area contributed by atoms with Crippen LogP contribution >= 0.6 is 0 Å². The van der Waals surface area contributed by atoms with Crippen molar-refractivity contribution in [2.45, 2.75) is 51.6 Å². The Balaban J connectivity index is 1.54. The molecule has 7 heteroatoms. The van der Waals surface area contributed by atoms with Crippen molar-refractivity contribution in [1.82, 2.24) is 20.4 Å². The van der Waals surface area contributed by atoms with Gasteiger partial charge in [-0.2, -0.15) is 4.98 Å². The Bertz CT molecular complexity index is 645. The van der Waals surface area contributed by atoms with Gasteiger partial charge in [-0.05, 0) is 38.3 Å². The highest BCUT2D eigenvalue weighted by atomic mass is 16.5. The SMILES string of the molecule is CCCC(=O)NC1CCN([C@@H](C)c2nc(-c3ccco3)no2)CC1. The van der Waals surface area contributed by atoms with Gasteiger partial charge in [0.1, 0.15) is 0 Å². The van der Waals surface area contributed by atoms with E-state index < -0.39 is 0 Å². The van der Waals surface area contributed by atoms with Gasteiger partial charge in [0.05, 0.1) is 12.3 Å². The number of piperidine rings is 1. The van der Waals surface area contributed by atoms with Crippen LogP contribution in [0.25, 0.3) is 11.6 Å². The highest BCUT2D eigenvalue weighted by Crippen LogP contribution is 2.25. The molecule has 0 bridgehead atoms. The summed E-state index contributed by atoms with van der Waals surface area (Å²) in [4.78, 5) is 18.4. The summed E-state index contributed by atoms with van der Waals surface area (Å²) in [5.41, 5.74) is 0. The van der Waals surface area contributed by atoms with Gasteiger partial charge in [-0.1, -0.05) is 12.1 Å². The number of hydrogen-bond donors (Lipinski definition) is 1. The Hall–Kier alpha value is -2.15. The van der Waals surface area contributed by atoms with Crippen LogP contribution in [0.4, 0.5) is 0 Å². The van der Waals surface area contributed by atoms with E-state index in [-0.39, 0.29) is 18.0 Å². The second kappa shape index (κ2) is 7.61. The van der Waals surface area contributed by atoms with Crippen LogP contribution < -0.4 is 5.32 Å². The maximum Gasteiger partial charge on any atom is 0.244 e. The summed E-state index contributed by atoms with van der Waals surface area (Å²) in [6.07, 6.45) is 4.97. The number of carbonyl (C=O) groups excluding carboxylic acids is 1. The number of aromatic nitrogens is 2. The smallest absolute Gasteiger partial charge is 0.244 e. The highest BCUT2D eigenvalue weighted by Gasteiger charge is 2.27. The third kappa shape index (κ3) is 3.84. The Kier molecular flexibility index (Phi) is 5.30. The first kappa shape index (κ1) is 16.7. The minimum absolute atomic E-state index is 0.0495. The Morgan fingerprint density at radius 2 is 2.25 bits per heavy atom. The number of nitrogens with one attached hydrogen (secondary N) is 1. The molecule has 1 fully saturated rings. The number of likely N-dealkylation sites (tertiary alicyclic amines) is 1. The molecule has 3 rings (SSSR count). The molecular formula is C17H24N4O3. The molecule has 2 aromatic rings. The molecule has 1 atom stereocenters. The van der Waals surface area contributed by atoms with E-state index in [4.69, 9.17) is 8.94 Å². The fraction of sp³-hybridized carbons (Fsp3) is 0.588. The molecule has 1 saturated heterocycles. The van der Waals surface area contributed by atoms with Gasteiger partial charge in [0.25, 0.3) is 0 Å². The molecule has 2 aromatic heterocycles. The zero-order chi connectivity index (χ0) is 16.9. The van der Waals surface area contributed by atoms with Gasteiger partial charge in [0.2, 0.25) is 17.6 Å². The van der Waals surface area contributed by atoms with Crippen LogP contribution in [-0.4, -0.2) is 40.1 Å². The van der Waals surface area contributed by atoms with Gasteiger partial charge >= 0.3 is 0 Å². The van der Waals surface area contributed by atoms with E-state index in [1.54, 1.807) is 12.3 Å². The second-order valence-corrected chi connectivity index (χ2v) is 6.24. The van der Waals surface area contributed by atoms with Crippen LogP contribution in [0, 0.1) is 0 Å². The lowest BCUT2D eigenvalue weighted by atomic mass is 10.0. The lowest BCUT2D eigenvalue weighted by Gasteiger charge is -2.34. The normalized spacial score (nSPS) is 17.8. The summed E-state index contributed by atoms with van der Waals surface area (Å²) >= 11 is 0. The maximum absolute atomic E-state index is 11.7. The van der Waals surface area contributed by atoms with E-state index >= 15 is 0 Å². The van der Waals surface area contributed by atoms with Crippen LogP contribution in [0.15, 0.2) is 27.3 Å². The van der Waals surface area contributed by atoms with Crippen LogP contribution in [0.2, 0.25) is 0 Å². The van der Waals surface area contributed by atoms with Gasteiger partial charge in [0, 0.05) is 25.6 Å². The minimum Gasteiger partial charge on any atom is -0.461 e. The van der Waals surface area contributed by atoms with E-state index in [0.717, 1.165) is 32.4 Å². The van der Waals surface area contributed by atoms with E-state index in [1.807, 2.05) is 13.0 Å².